The summed E-state index contributed by atoms with van der Waals surface area (Å²) in [6, 6.07) is -1.47. The molecule has 0 unspecified atom stereocenters. The van der Waals surface area contributed by atoms with Crippen LogP contribution in [0, 0.1) is 0 Å². The van der Waals surface area contributed by atoms with Gasteiger partial charge < -0.3 is 59.4 Å². The minimum Gasteiger partial charge on any atom is -0.458 e. The first-order valence-corrected chi connectivity index (χ1v) is 13.4. The van der Waals surface area contributed by atoms with Crippen LogP contribution in [0.25, 0.3) is 0 Å². The van der Waals surface area contributed by atoms with Crippen LogP contribution in [0.15, 0.2) is 0 Å². The maximum atomic E-state index is 13.3. The van der Waals surface area contributed by atoms with Gasteiger partial charge in [-0.3, -0.25) is 4.90 Å². The predicted octanol–water partition coefficient (Wildman–Crippen LogP) is -2.51. The van der Waals surface area contributed by atoms with Gasteiger partial charge in [-0.25, -0.2) is 9.59 Å². The Balaban J connectivity index is 2.40. The van der Waals surface area contributed by atoms with Gasteiger partial charge in [-0.05, 0) is 41.5 Å². The molecule has 0 radical (unpaired) electrons. The molecular weight excluding hydrogens is 558 g/mol. The van der Waals surface area contributed by atoms with Gasteiger partial charge in [-0.15, -0.1) is 0 Å². The van der Waals surface area contributed by atoms with E-state index in [1.165, 1.54) is 0 Å². The molecule has 0 aliphatic carbocycles. The molecule has 0 aromatic rings. The molecule has 2 heterocycles. The summed E-state index contributed by atoms with van der Waals surface area (Å²) in [5, 5.41) is 72.0. The molecule has 0 aromatic heterocycles. The molecule has 2 rings (SSSR count). The Morgan fingerprint density at radius 1 is 0.800 bits per heavy atom. The maximum absolute atomic E-state index is 13.3. The van der Waals surface area contributed by atoms with E-state index in [1.807, 2.05) is 0 Å². The van der Waals surface area contributed by atoms with Gasteiger partial charge in [-0.1, -0.05) is 0 Å². The number of amides is 1. The van der Waals surface area contributed by atoms with Crippen LogP contribution in [0.4, 0.5) is 4.79 Å². The van der Waals surface area contributed by atoms with E-state index in [0.717, 1.165) is 4.90 Å². The van der Waals surface area contributed by atoms with Crippen LogP contribution in [0.5, 0.6) is 0 Å². The third kappa shape index (κ3) is 8.38. The van der Waals surface area contributed by atoms with E-state index < -0.39 is 104 Å². The molecule has 0 bridgehead atoms. The smallest absolute Gasteiger partial charge is 0.413 e. The van der Waals surface area contributed by atoms with Crippen molar-refractivity contribution in [3.8, 4) is 0 Å². The summed E-state index contributed by atoms with van der Waals surface area (Å²) < 4.78 is 27.5. The average Bonchev–Trinajstić information content (AvgIpc) is 2.83. The lowest BCUT2D eigenvalue weighted by Crippen LogP contribution is -2.69. The summed E-state index contributed by atoms with van der Waals surface area (Å²) in [4.78, 5) is 27.1. The number of ether oxygens (including phenoxy) is 5. The van der Waals surface area contributed by atoms with E-state index in [2.05, 4.69) is 12.6 Å². The molecule has 16 heteroatoms. The third-order valence-electron chi connectivity index (χ3n) is 6.05. The van der Waals surface area contributed by atoms with Crippen molar-refractivity contribution in [2.24, 2.45) is 0 Å². The normalized spacial score (nSPS) is 36.0. The van der Waals surface area contributed by atoms with Gasteiger partial charge in [0.1, 0.15) is 66.1 Å². The number of rotatable bonds is 8. The topological polar surface area (TPSA) is 225 Å². The molecule has 7 N–H and O–H groups in total. The van der Waals surface area contributed by atoms with Gasteiger partial charge >= 0.3 is 12.1 Å². The first-order chi connectivity index (χ1) is 18.4. The number of esters is 1. The summed E-state index contributed by atoms with van der Waals surface area (Å²) >= 11 is 4.18. The quantitative estimate of drug-likeness (QED) is 0.106. The van der Waals surface area contributed by atoms with Crippen LogP contribution in [0.3, 0.4) is 0 Å². The first-order valence-electron chi connectivity index (χ1n) is 12.8. The van der Waals surface area contributed by atoms with Crippen LogP contribution in [-0.4, -0.2) is 150 Å². The highest BCUT2D eigenvalue weighted by Gasteiger charge is 2.54. The van der Waals surface area contributed by atoms with Gasteiger partial charge in [0.15, 0.2) is 12.5 Å². The second-order valence-corrected chi connectivity index (χ2v) is 12.0. The monoisotopic (exact) mass is 601 g/mol. The van der Waals surface area contributed by atoms with Crippen molar-refractivity contribution in [1.29, 1.82) is 0 Å². The number of aliphatic hydroxyl groups excluding tert-OH is 7. The van der Waals surface area contributed by atoms with Crippen LogP contribution in [0.2, 0.25) is 0 Å². The second-order valence-electron chi connectivity index (χ2n) is 11.6. The van der Waals surface area contributed by atoms with Crippen LogP contribution >= 0.6 is 12.6 Å². The van der Waals surface area contributed by atoms with Crippen LogP contribution in [-0.2, 0) is 28.5 Å². The van der Waals surface area contributed by atoms with Crippen molar-refractivity contribution in [3.63, 3.8) is 0 Å². The molecule has 2 aliphatic heterocycles. The molecule has 2 fully saturated rings. The highest BCUT2D eigenvalue weighted by Crippen LogP contribution is 2.32. The largest absolute Gasteiger partial charge is 0.458 e. The molecule has 2 saturated heterocycles. The molecule has 0 aromatic carbocycles. The lowest BCUT2D eigenvalue weighted by molar-refractivity contribution is -0.348. The Bertz CT molecular complexity index is 846. The fraction of sp³-hybridized carbons (Fsp3) is 0.917. The van der Waals surface area contributed by atoms with Gasteiger partial charge in [0.05, 0.1) is 13.2 Å². The van der Waals surface area contributed by atoms with Gasteiger partial charge in [0.2, 0.25) is 0 Å². The zero-order valence-corrected chi connectivity index (χ0v) is 24.2. The number of carbonyl (C=O) groups excluding carboxylic acids is 2. The molecule has 0 spiro atoms. The summed E-state index contributed by atoms with van der Waals surface area (Å²) in [5.41, 5.74) is -2.00. The fourth-order valence-electron chi connectivity index (χ4n) is 4.17. The summed E-state index contributed by atoms with van der Waals surface area (Å²) in [7, 11) is 0. The van der Waals surface area contributed by atoms with Crippen molar-refractivity contribution >= 4 is 24.7 Å². The Labute approximate surface area is 237 Å². The van der Waals surface area contributed by atoms with Crippen molar-refractivity contribution in [1.82, 2.24) is 4.90 Å². The van der Waals surface area contributed by atoms with Crippen molar-refractivity contribution < 1.29 is 69.0 Å². The zero-order valence-electron chi connectivity index (χ0n) is 23.4. The predicted molar refractivity (Wildman–Crippen MR) is 138 cm³/mol. The molecular formula is C24H43NO14S. The Morgan fingerprint density at radius 2 is 1.35 bits per heavy atom. The first kappa shape index (κ1) is 34.9. The van der Waals surface area contributed by atoms with E-state index in [0.29, 0.717) is 0 Å². The van der Waals surface area contributed by atoms with Gasteiger partial charge in [-0.2, -0.15) is 12.6 Å². The van der Waals surface area contributed by atoms with E-state index in [9.17, 15) is 45.3 Å². The second kappa shape index (κ2) is 13.8. The summed E-state index contributed by atoms with van der Waals surface area (Å²) in [6.07, 6.45) is -18.3. The van der Waals surface area contributed by atoms with Gasteiger partial charge in [0.25, 0.3) is 0 Å². The molecule has 15 nitrogen and oxygen atoms in total. The van der Waals surface area contributed by atoms with E-state index in [1.54, 1.807) is 41.5 Å². The highest BCUT2D eigenvalue weighted by molar-refractivity contribution is 7.80. The summed E-state index contributed by atoms with van der Waals surface area (Å²) in [5.74, 6) is -1.20. The molecule has 0 saturated carbocycles. The lowest BCUT2D eigenvalue weighted by Gasteiger charge is -2.49. The molecule has 40 heavy (non-hydrogen) atoms. The van der Waals surface area contributed by atoms with Crippen molar-refractivity contribution in [2.45, 2.75) is 120 Å². The maximum Gasteiger partial charge on any atom is 0.413 e. The van der Waals surface area contributed by atoms with E-state index in [-0.39, 0.29) is 5.75 Å². The number of nitrogens with zero attached hydrogens (tertiary/aromatic N) is 1. The number of carbonyl (C=O) groups is 2. The number of aliphatic hydroxyl groups is 7. The van der Waals surface area contributed by atoms with E-state index in [4.69, 9.17) is 23.7 Å². The minimum atomic E-state index is -1.98. The van der Waals surface area contributed by atoms with Gasteiger partial charge in [0, 0.05) is 5.75 Å². The lowest BCUT2D eigenvalue weighted by atomic mass is 9.95. The zero-order chi connectivity index (χ0) is 30.7. The molecule has 11 atom stereocenters. The molecule has 2 aliphatic rings. The summed E-state index contributed by atoms with van der Waals surface area (Å²) in [6.45, 7) is 7.94. The van der Waals surface area contributed by atoms with Crippen molar-refractivity contribution in [3.05, 3.63) is 0 Å². The fourth-order valence-corrected chi connectivity index (χ4v) is 4.49. The van der Waals surface area contributed by atoms with Crippen molar-refractivity contribution in [2.75, 3.05) is 19.0 Å². The van der Waals surface area contributed by atoms with E-state index >= 15 is 0 Å². The number of hydrogen-bond donors (Lipinski definition) is 8. The Hall–Kier alpha value is -1.31. The standard InChI is InChI=1S/C24H43NO14S/c1-23(2,3)38-20(33)10(9-40)25(22(34)39-24(4,5)6)19-16(31)15(30)18(12(8-27)35-19)37-21-17(32)14(29)13(28)11(7-26)36-21/h10-19,21,26-32,40H,7-9H2,1-6H3/t10-,11+,12+,13+,14-,15+,16+,17+,18+,19+,21+/m0/s1. The minimum absolute atomic E-state index is 0.300. The highest BCUT2D eigenvalue weighted by atomic mass is 32.1. The third-order valence-corrected chi connectivity index (χ3v) is 6.39. The Morgan fingerprint density at radius 3 is 1.82 bits per heavy atom. The number of hydrogen-bond acceptors (Lipinski definition) is 15. The average molecular weight is 602 g/mol. The van der Waals surface area contributed by atoms with Crippen LogP contribution < -0.4 is 0 Å². The van der Waals surface area contributed by atoms with Crippen LogP contribution in [0.1, 0.15) is 41.5 Å². The molecule has 1 amide bonds. The SMILES string of the molecule is CC(C)(C)OC(=O)[C@H](CS)N(C(=O)OC(C)(C)C)[C@@H]1O[C@H](CO)[C@@H](O[C@H]2O[C@H](CO)[C@@H](O)[C@H](O)[C@H]2O)[C@H](O)[C@H]1O. The Kier molecular flexibility index (Phi) is 12.0. The number of thiol groups is 1. The molecule has 234 valence electrons.